The summed E-state index contributed by atoms with van der Waals surface area (Å²) in [6.45, 7) is 14.5. The molecule has 0 fully saturated rings. The Kier molecular flexibility index (Phi) is 12.1. The summed E-state index contributed by atoms with van der Waals surface area (Å²) >= 11 is 0. The van der Waals surface area contributed by atoms with Gasteiger partial charge in [0.2, 0.25) is 5.78 Å². The zero-order chi connectivity index (χ0) is 23.3. The second kappa shape index (κ2) is 13.7. The minimum Gasteiger partial charge on any atom is -0.497 e. The van der Waals surface area contributed by atoms with Gasteiger partial charge in [-0.2, -0.15) is 0 Å². The van der Waals surface area contributed by atoms with E-state index in [2.05, 4.69) is 52.6 Å². The third-order valence-electron chi connectivity index (χ3n) is 5.81. The Labute approximate surface area is 191 Å². The van der Waals surface area contributed by atoms with Crippen molar-refractivity contribution >= 4 is 14.1 Å². The highest BCUT2D eigenvalue weighted by atomic mass is 28.4. The van der Waals surface area contributed by atoms with Crippen LogP contribution in [0.5, 0.6) is 5.75 Å². The molecule has 0 spiro atoms. The number of unbranched alkanes of at least 4 members (excludes halogenated alkanes) is 2. The molecule has 0 heterocycles. The fourth-order valence-corrected chi connectivity index (χ4v) is 3.95. The molecule has 1 aromatic rings. The van der Waals surface area contributed by atoms with E-state index < -0.39 is 8.32 Å². The monoisotopic (exact) mass is 446 g/mol. The average Bonchev–Trinajstić information content (AvgIpc) is 2.72. The highest BCUT2D eigenvalue weighted by molar-refractivity contribution is 6.74. The Balaban J connectivity index is 2.38. The number of methoxy groups -OCH3 is 1. The van der Waals surface area contributed by atoms with E-state index in [1.807, 2.05) is 24.3 Å². The minimum atomic E-state index is -1.90. The lowest BCUT2D eigenvalue weighted by molar-refractivity contribution is -0.114. The first-order valence-electron chi connectivity index (χ1n) is 11.5. The number of hydrogen-bond donors (Lipinski definition) is 0. The van der Waals surface area contributed by atoms with E-state index in [-0.39, 0.29) is 16.9 Å². The fraction of sp³-hybridized carbons (Fsp3) is 0.654. The number of Topliss-reactive ketones (excluding diaryl/α,β-unsaturated/α-hetero) is 1. The van der Waals surface area contributed by atoms with E-state index in [0.717, 1.165) is 43.4 Å². The molecule has 0 aliphatic carbocycles. The number of ketones is 1. The first kappa shape index (κ1) is 27.4. The van der Waals surface area contributed by atoms with Gasteiger partial charge in [-0.15, -0.1) is 0 Å². The summed E-state index contributed by atoms with van der Waals surface area (Å²) in [7, 11) is -0.244. The fourth-order valence-electron chi connectivity index (χ4n) is 2.71. The molecule has 5 heteroatoms. The van der Waals surface area contributed by atoms with Crippen LogP contribution in [0.25, 0.3) is 0 Å². The van der Waals surface area contributed by atoms with Gasteiger partial charge in [-0.1, -0.05) is 58.6 Å². The summed E-state index contributed by atoms with van der Waals surface area (Å²) in [4.78, 5) is 12.2. The van der Waals surface area contributed by atoms with E-state index in [1.165, 1.54) is 0 Å². The predicted octanol–water partition coefficient (Wildman–Crippen LogP) is 6.54. The van der Waals surface area contributed by atoms with Crippen molar-refractivity contribution in [1.29, 1.82) is 0 Å². The van der Waals surface area contributed by atoms with E-state index in [9.17, 15) is 4.79 Å². The van der Waals surface area contributed by atoms with Crippen LogP contribution in [-0.4, -0.2) is 33.9 Å². The van der Waals surface area contributed by atoms with E-state index in [1.54, 1.807) is 7.11 Å². The van der Waals surface area contributed by atoms with Gasteiger partial charge in [0, 0.05) is 13.0 Å². The highest BCUT2D eigenvalue weighted by Gasteiger charge is 2.38. The molecule has 0 radical (unpaired) electrons. The molecule has 1 rings (SSSR count). The Hall–Kier alpha value is -1.61. The first-order chi connectivity index (χ1) is 14.6. The smallest absolute Gasteiger partial charge is 0.205 e. The van der Waals surface area contributed by atoms with Gasteiger partial charge in [0.1, 0.15) is 11.9 Å². The van der Waals surface area contributed by atoms with Gasteiger partial charge < -0.3 is 13.9 Å². The van der Waals surface area contributed by atoms with Crippen molar-refractivity contribution in [3.63, 3.8) is 0 Å². The van der Waals surface area contributed by atoms with Crippen LogP contribution in [0.2, 0.25) is 18.1 Å². The third-order valence-corrected chi connectivity index (χ3v) is 10.3. The summed E-state index contributed by atoms with van der Waals surface area (Å²) in [5.41, 5.74) is 1.11. The Morgan fingerprint density at radius 3 is 2.35 bits per heavy atom. The molecule has 0 aliphatic rings. The van der Waals surface area contributed by atoms with Crippen molar-refractivity contribution in [3.05, 3.63) is 29.8 Å². The van der Waals surface area contributed by atoms with E-state index in [4.69, 9.17) is 13.9 Å². The Morgan fingerprint density at radius 1 is 1.10 bits per heavy atom. The van der Waals surface area contributed by atoms with Crippen LogP contribution >= 0.6 is 0 Å². The van der Waals surface area contributed by atoms with E-state index >= 15 is 0 Å². The van der Waals surface area contributed by atoms with Gasteiger partial charge in [-0.3, -0.25) is 4.79 Å². The van der Waals surface area contributed by atoms with Crippen molar-refractivity contribution in [2.24, 2.45) is 0 Å². The molecule has 0 N–H and O–H groups in total. The highest BCUT2D eigenvalue weighted by Crippen LogP contribution is 2.37. The molecule has 0 aromatic heterocycles. The van der Waals surface area contributed by atoms with Gasteiger partial charge in [-0.25, -0.2) is 0 Å². The molecule has 1 aromatic carbocycles. The summed E-state index contributed by atoms with van der Waals surface area (Å²) in [5, 5.41) is 0.134. The Morgan fingerprint density at radius 2 is 1.77 bits per heavy atom. The van der Waals surface area contributed by atoms with Crippen LogP contribution in [0.15, 0.2) is 24.3 Å². The molecular weight excluding hydrogens is 404 g/mol. The number of benzene rings is 1. The average molecular weight is 447 g/mol. The number of carbonyl (C=O) groups is 1. The summed E-state index contributed by atoms with van der Waals surface area (Å²) in [5.74, 6) is 6.82. The maximum Gasteiger partial charge on any atom is 0.205 e. The molecule has 1 atom stereocenters. The van der Waals surface area contributed by atoms with E-state index in [0.29, 0.717) is 19.6 Å². The third kappa shape index (κ3) is 11.0. The van der Waals surface area contributed by atoms with Crippen LogP contribution in [0.4, 0.5) is 0 Å². The zero-order valence-corrected chi connectivity index (χ0v) is 21.7. The zero-order valence-electron chi connectivity index (χ0n) is 20.7. The van der Waals surface area contributed by atoms with Crippen LogP contribution < -0.4 is 4.74 Å². The lowest BCUT2D eigenvalue weighted by atomic mass is 10.1. The first-order valence-corrected chi connectivity index (χ1v) is 14.4. The van der Waals surface area contributed by atoms with Crippen LogP contribution in [0.1, 0.15) is 71.8 Å². The molecule has 4 nitrogen and oxygen atoms in total. The Bertz CT molecular complexity index is 708. The van der Waals surface area contributed by atoms with Crippen molar-refractivity contribution in [2.75, 3.05) is 13.7 Å². The van der Waals surface area contributed by atoms with Crippen LogP contribution in [0.3, 0.4) is 0 Å². The molecular formula is C26H42O4Si. The van der Waals surface area contributed by atoms with Gasteiger partial charge in [0.15, 0.2) is 8.32 Å². The molecule has 0 saturated heterocycles. The predicted molar refractivity (Wildman–Crippen MR) is 131 cm³/mol. The van der Waals surface area contributed by atoms with Gasteiger partial charge in [-0.05, 0) is 61.0 Å². The summed E-state index contributed by atoms with van der Waals surface area (Å²) < 4.78 is 17.3. The molecule has 0 bridgehead atoms. The second-order valence-corrected chi connectivity index (χ2v) is 14.3. The van der Waals surface area contributed by atoms with Crippen molar-refractivity contribution < 1.29 is 18.7 Å². The van der Waals surface area contributed by atoms with Gasteiger partial charge in [0.05, 0.1) is 13.7 Å². The van der Waals surface area contributed by atoms with Crippen LogP contribution in [0, 0.1) is 11.8 Å². The molecule has 0 amide bonds. The normalized spacial score (nSPS) is 12.7. The SMILES string of the molecule is CCCC[C@H](C#CC(=O)CCCCOCc1ccc(OC)cc1)O[Si](C)(C)C(C)(C)C. The molecule has 31 heavy (non-hydrogen) atoms. The minimum absolute atomic E-state index is 0.00418. The summed E-state index contributed by atoms with van der Waals surface area (Å²) in [6.07, 6.45) is 5.03. The van der Waals surface area contributed by atoms with Crippen molar-refractivity contribution in [1.82, 2.24) is 0 Å². The van der Waals surface area contributed by atoms with Crippen molar-refractivity contribution in [2.45, 2.75) is 97.1 Å². The second-order valence-electron chi connectivity index (χ2n) is 9.56. The number of ether oxygens (including phenoxy) is 2. The maximum atomic E-state index is 12.2. The molecule has 0 saturated carbocycles. The molecule has 0 aliphatic heterocycles. The number of carbonyl (C=O) groups excluding carboxylic acids is 1. The van der Waals surface area contributed by atoms with Crippen LogP contribution in [-0.2, 0) is 20.6 Å². The molecule has 174 valence electrons. The lowest BCUT2D eigenvalue weighted by Gasteiger charge is -2.38. The lowest BCUT2D eigenvalue weighted by Crippen LogP contribution is -2.43. The van der Waals surface area contributed by atoms with Gasteiger partial charge >= 0.3 is 0 Å². The summed E-state index contributed by atoms with van der Waals surface area (Å²) in [6, 6.07) is 7.86. The maximum absolute atomic E-state index is 12.2. The standard InChI is InChI=1S/C26H42O4Si/c1-8-9-13-25(30-31(6,7)26(2,3)4)19-16-23(27)12-10-11-20-29-21-22-14-17-24(28-5)18-15-22/h14-15,17-18,25H,8-13,20-21H2,1-7H3/t25-/m1/s1. The topological polar surface area (TPSA) is 44.8 Å². The van der Waals surface area contributed by atoms with Gasteiger partial charge in [0.25, 0.3) is 0 Å². The number of hydrogen-bond acceptors (Lipinski definition) is 4. The number of rotatable bonds is 13. The molecule has 0 unspecified atom stereocenters. The quantitative estimate of drug-likeness (QED) is 0.149. The largest absolute Gasteiger partial charge is 0.497 e. The van der Waals surface area contributed by atoms with Crippen molar-refractivity contribution in [3.8, 4) is 17.6 Å².